The standard InChI is InChI=1S/C26H27ClN4O4/c1-4-34-25(33)26(2,3)24-23(32)18-7-5-6-8-20(18)31(29-24)13-17-12-30-14-21(35-15-16-9-10-16)19(27)11-22(30)28-17/h5-8,11-12,14,16H,4,9-10,13,15H2,1-3H3. The molecule has 0 unspecified atom stereocenters. The number of hydrogen-bond acceptors (Lipinski definition) is 6. The van der Waals surface area contributed by atoms with Gasteiger partial charge in [-0.1, -0.05) is 23.7 Å². The van der Waals surface area contributed by atoms with Crippen LogP contribution in [0.5, 0.6) is 5.75 Å². The third-order valence-electron chi connectivity index (χ3n) is 6.28. The average Bonchev–Trinajstić information content (AvgIpc) is 3.58. The van der Waals surface area contributed by atoms with Gasteiger partial charge in [-0.2, -0.15) is 5.10 Å². The second-order valence-electron chi connectivity index (χ2n) is 9.44. The van der Waals surface area contributed by atoms with Gasteiger partial charge in [0, 0.05) is 17.6 Å². The summed E-state index contributed by atoms with van der Waals surface area (Å²) < 4.78 is 14.7. The molecule has 0 amide bonds. The van der Waals surface area contributed by atoms with Crippen molar-refractivity contribution in [3.8, 4) is 5.75 Å². The van der Waals surface area contributed by atoms with E-state index in [2.05, 4.69) is 5.10 Å². The first kappa shape index (κ1) is 23.4. The van der Waals surface area contributed by atoms with Gasteiger partial charge in [-0.3, -0.25) is 14.3 Å². The zero-order chi connectivity index (χ0) is 24.7. The average molecular weight is 495 g/mol. The number of pyridine rings is 1. The van der Waals surface area contributed by atoms with E-state index in [1.807, 2.05) is 28.9 Å². The van der Waals surface area contributed by atoms with Gasteiger partial charge in [0.05, 0.1) is 42.2 Å². The molecule has 9 heteroatoms. The van der Waals surface area contributed by atoms with Crippen LogP contribution in [0.15, 0.2) is 47.5 Å². The van der Waals surface area contributed by atoms with Crippen molar-refractivity contribution in [1.29, 1.82) is 0 Å². The van der Waals surface area contributed by atoms with Gasteiger partial charge in [-0.25, -0.2) is 4.98 Å². The Morgan fingerprint density at radius 3 is 2.74 bits per heavy atom. The van der Waals surface area contributed by atoms with E-state index in [4.69, 9.17) is 26.1 Å². The number of ether oxygens (including phenoxy) is 2. The second kappa shape index (κ2) is 9.00. The van der Waals surface area contributed by atoms with E-state index in [1.54, 1.807) is 43.7 Å². The molecule has 35 heavy (non-hydrogen) atoms. The molecule has 4 aromatic rings. The maximum absolute atomic E-state index is 13.3. The van der Waals surface area contributed by atoms with E-state index in [1.165, 1.54) is 12.8 Å². The highest BCUT2D eigenvalue weighted by atomic mass is 35.5. The van der Waals surface area contributed by atoms with Crippen LogP contribution >= 0.6 is 11.6 Å². The molecule has 1 fully saturated rings. The van der Waals surface area contributed by atoms with E-state index in [-0.39, 0.29) is 17.7 Å². The molecule has 5 rings (SSSR count). The Hall–Kier alpha value is -3.39. The Labute approximate surface area is 207 Å². The van der Waals surface area contributed by atoms with Crippen LogP contribution in [0.25, 0.3) is 16.6 Å². The topological polar surface area (TPSA) is 87.7 Å². The second-order valence-corrected chi connectivity index (χ2v) is 9.84. The van der Waals surface area contributed by atoms with Crippen LogP contribution in [-0.2, 0) is 21.5 Å². The molecule has 0 N–H and O–H groups in total. The molecule has 3 heterocycles. The van der Waals surface area contributed by atoms with Crippen molar-refractivity contribution in [2.45, 2.75) is 45.6 Å². The van der Waals surface area contributed by atoms with Crippen molar-refractivity contribution in [1.82, 2.24) is 19.2 Å². The molecule has 0 bridgehead atoms. The monoisotopic (exact) mass is 494 g/mol. The van der Waals surface area contributed by atoms with Crippen molar-refractivity contribution in [2.24, 2.45) is 5.92 Å². The van der Waals surface area contributed by atoms with Crippen LogP contribution in [0.3, 0.4) is 0 Å². The first-order valence-corrected chi connectivity index (χ1v) is 12.1. The maximum atomic E-state index is 13.3. The van der Waals surface area contributed by atoms with Crippen molar-refractivity contribution in [3.63, 3.8) is 0 Å². The smallest absolute Gasteiger partial charge is 0.317 e. The summed E-state index contributed by atoms with van der Waals surface area (Å²) in [5.41, 5.74) is 0.706. The van der Waals surface area contributed by atoms with Crippen molar-refractivity contribution >= 4 is 34.1 Å². The Kier molecular flexibility index (Phi) is 6.01. The van der Waals surface area contributed by atoms with Crippen LogP contribution in [-0.4, -0.2) is 38.3 Å². The summed E-state index contributed by atoms with van der Waals surface area (Å²) in [7, 11) is 0. The summed E-state index contributed by atoms with van der Waals surface area (Å²) in [5, 5.41) is 5.63. The molecule has 3 aromatic heterocycles. The minimum absolute atomic E-state index is 0.136. The molecule has 0 atom stereocenters. The van der Waals surface area contributed by atoms with Gasteiger partial charge >= 0.3 is 5.97 Å². The lowest BCUT2D eigenvalue weighted by molar-refractivity contribution is -0.149. The van der Waals surface area contributed by atoms with Gasteiger partial charge in [0.2, 0.25) is 5.43 Å². The highest BCUT2D eigenvalue weighted by Gasteiger charge is 2.36. The number of esters is 1. The third kappa shape index (κ3) is 4.50. The molecular weight excluding hydrogens is 468 g/mol. The number of rotatable bonds is 8. The summed E-state index contributed by atoms with van der Waals surface area (Å²) in [6, 6.07) is 9.00. The Morgan fingerprint density at radius 2 is 2.00 bits per heavy atom. The minimum Gasteiger partial charge on any atom is -0.490 e. The quantitative estimate of drug-likeness (QED) is 0.338. The van der Waals surface area contributed by atoms with E-state index in [0.29, 0.717) is 46.4 Å². The van der Waals surface area contributed by atoms with Crippen molar-refractivity contribution < 1.29 is 14.3 Å². The largest absolute Gasteiger partial charge is 0.490 e. The zero-order valence-electron chi connectivity index (χ0n) is 20.0. The molecule has 0 spiro atoms. The van der Waals surface area contributed by atoms with Gasteiger partial charge in [-0.05, 0) is 51.7 Å². The van der Waals surface area contributed by atoms with Gasteiger partial charge in [-0.15, -0.1) is 0 Å². The number of imidazole rings is 1. The van der Waals surface area contributed by atoms with Crippen molar-refractivity contribution in [2.75, 3.05) is 13.2 Å². The predicted molar refractivity (Wildman–Crippen MR) is 133 cm³/mol. The van der Waals surface area contributed by atoms with E-state index < -0.39 is 11.4 Å². The van der Waals surface area contributed by atoms with Crippen LogP contribution in [0, 0.1) is 5.92 Å². The number of nitrogens with zero attached hydrogens (tertiary/aromatic N) is 4. The number of halogens is 1. The lowest BCUT2D eigenvalue weighted by Gasteiger charge is -2.22. The molecule has 0 radical (unpaired) electrons. The fourth-order valence-electron chi connectivity index (χ4n) is 4.05. The molecule has 1 aliphatic carbocycles. The van der Waals surface area contributed by atoms with Crippen LogP contribution in [0.2, 0.25) is 5.02 Å². The maximum Gasteiger partial charge on any atom is 0.317 e. The first-order chi connectivity index (χ1) is 16.8. The highest BCUT2D eigenvalue weighted by molar-refractivity contribution is 6.32. The number of carbonyl (C=O) groups excluding carboxylic acids is 1. The molecular formula is C26H27ClN4O4. The summed E-state index contributed by atoms with van der Waals surface area (Å²) >= 11 is 6.42. The van der Waals surface area contributed by atoms with E-state index in [0.717, 1.165) is 5.69 Å². The molecule has 8 nitrogen and oxygen atoms in total. The van der Waals surface area contributed by atoms with Gasteiger partial charge in [0.15, 0.2) is 5.75 Å². The van der Waals surface area contributed by atoms with Crippen LogP contribution in [0.1, 0.15) is 45.0 Å². The molecule has 182 valence electrons. The highest BCUT2D eigenvalue weighted by Crippen LogP contribution is 2.32. The number of benzene rings is 1. The molecule has 1 aliphatic rings. The summed E-state index contributed by atoms with van der Waals surface area (Å²) in [4.78, 5) is 30.6. The van der Waals surface area contributed by atoms with Crippen LogP contribution < -0.4 is 10.2 Å². The SMILES string of the molecule is CCOC(=O)C(C)(C)c1nn(Cc2cn3cc(OCC4CC4)c(Cl)cc3n2)c2ccccc2c1=O. The number of carbonyl (C=O) groups is 1. The number of hydrogen-bond donors (Lipinski definition) is 0. The number of fused-ring (bicyclic) bond motifs is 2. The molecule has 0 saturated heterocycles. The molecule has 1 aromatic carbocycles. The fraction of sp³-hybridized carbons (Fsp3) is 0.385. The van der Waals surface area contributed by atoms with E-state index in [9.17, 15) is 9.59 Å². The van der Waals surface area contributed by atoms with E-state index >= 15 is 0 Å². The molecule has 1 saturated carbocycles. The third-order valence-corrected chi connectivity index (χ3v) is 6.58. The number of para-hydroxylation sites is 1. The minimum atomic E-state index is -1.21. The van der Waals surface area contributed by atoms with Gasteiger partial charge in [0.25, 0.3) is 0 Å². The Bertz CT molecular complexity index is 1490. The molecule has 0 aliphatic heterocycles. The Morgan fingerprint density at radius 1 is 1.23 bits per heavy atom. The lowest BCUT2D eigenvalue weighted by atomic mass is 9.88. The Balaban J connectivity index is 1.54. The summed E-state index contributed by atoms with van der Waals surface area (Å²) in [6.45, 7) is 6.23. The lowest BCUT2D eigenvalue weighted by Crippen LogP contribution is -2.38. The van der Waals surface area contributed by atoms with Crippen LogP contribution in [0.4, 0.5) is 0 Å². The zero-order valence-corrected chi connectivity index (χ0v) is 20.7. The summed E-state index contributed by atoms with van der Waals surface area (Å²) in [5.74, 6) is 0.751. The van der Waals surface area contributed by atoms with Gasteiger partial charge in [0.1, 0.15) is 16.8 Å². The van der Waals surface area contributed by atoms with Crippen molar-refractivity contribution in [3.05, 3.63) is 69.4 Å². The van der Waals surface area contributed by atoms with Gasteiger partial charge < -0.3 is 13.9 Å². The number of aromatic nitrogens is 4. The summed E-state index contributed by atoms with van der Waals surface area (Å²) in [6.07, 6.45) is 6.12. The first-order valence-electron chi connectivity index (χ1n) is 11.8. The fourth-order valence-corrected chi connectivity index (χ4v) is 4.25. The normalized spacial score (nSPS) is 13.9. The predicted octanol–water partition coefficient (Wildman–Crippen LogP) is 4.38.